The molecule has 0 aliphatic rings. The number of ether oxygens (including phenoxy) is 2. The second-order valence-corrected chi connectivity index (χ2v) is 6.53. The van der Waals surface area contributed by atoms with E-state index in [1.807, 2.05) is 13.8 Å². The second kappa shape index (κ2) is 8.67. The van der Waals surface area contributed by atoms with Gasteiger partial charge in [0, 0.05) is 5.75 Å². The summed E-state index contributed by atoms with van der Waals surface area (Å²) < 4.78 is 10.5. The lowest BCUT2D eigenvalue weighted by atomic mass is 10.3. The summed E-state index contributed by atoms with van der Waals surface area (Å²) in [6.45, 7) is 11.1. The second-order valence-electron chi connectivity index (χ2n) is 4.57. The average molecular weight is 265 g/mol. The SMILES string of the molecule is CCCCOC([S])(OC(C)C)SCC(C)C. The van der Waals surface area contributed by atoms with E-state index < -0.39 is 4.45 Å². The van der Waals surface area contributed by atoms with Crippen molar-refractivity contribution < 1.29 is 9.47 Å². The summed E-state index contributed by atoms with van der Waals surface area (Å²) in [5.41, 5.74) is 0. The molecule has 1 radical (unpaired) electrons. The van der Waals surface area contributed by atoms with Crippen molar-refractivity contribution in [1.82, 2.24) is 0 Å². The molecular weight excluding hydrogens is 240 g/mol. The Morgan fingerprint density at radius 3 is 2.31 bits per heavy atom. The molecule has 0 aliphatic carbocycles. The Morgan fingerprint density at radius 2 is 1.88 bits per heavy atom. The van der Waals surface area contributed by atoms with Gasteiger partial charge in [0.2, 0.25) is 0 Å². The van der Waals surface area contributed by atoms with Gasteiger partial charge in [-0.3, -0.25) is 0 Å². The normalized spacial score (nSPS) is 15.8. The fraction of sp³-hybridized carbons (Fsp3) is 1.00. The van der Waals surface area contributed by atoms with Gasteiger partial charge in [-0.15, -0.1) is 0 Å². The largest absolute Gasteiger partial charge is 0.332 e. The molecule has 0 bridgehead atoms. The summed E-state index contributed by atoms with van der Waals surface area (Å²) in [6.07, 6.45) is 2.24. The summed E-state index contributed by atoms with van der Waals surface area (Å²) in [5, 5.41) is 0. The summed E-state index contributed by atoms with van der Waals surface area (Å²) in [6, 6.07) is 0. The van der Waals surface area contributed by atoms with E-state index in [1.165, 1.54) is 0 Å². The maximum absolute atomic E-state index is 5.69. The molecule has 0 heterocycles. The van der Waals surface area contributed by atoms with Crippen LogP contribution in [-0.2, 0) is 9.47 Å². The van der Waals surface area contributed by atoms with Gasteiger partial charge in [-0.05, 0) is 38.8 Å². The molecule has 2 nitrogen and oxygen atoms in total. The van der Waals surface area contributed by atoms with Gasteiger partial charge >= 0.3 is 0 Å². The highest BCUT2D eigenvalue weighted by Crippen LogP contribution is 2.35. The van der Waals surface area contributed by atoms with Crippen LogP contribution in [0.1, 0.15) is 47.5 Å². The summed E-state index contributed by atoms with van der Waals surface area (Å²) in [4.78, 5) is 0. The molecule has 97 valence electrons. The first-order chi connectivity index (χ1) is 7.39. The Balaban J connectivity index is 4.12. The van der Waals surface area contributed by atoms with Gasteiger partial charge in [-0.2, -0.15) is 0 Å². The first-order valence-electron chi connectivity index (χ1n) is 6.05. The minimum atomic E-state index is -0.895. The first kappa shape index (κ1) is 16.6. The van der Waals surface area contributed by atoms with E-state index in [0.29, 0.717) is 12.5 Å². The monoisotopic (exact) mass is 265 g/mol. The Bertz CT molecular complexity index is 174. The quantitative estimate of drug-likeness (QED) is 0.454. The van der Waals surface area contributed by atoms with Gasteiger partial charge < -0.3 is 9.47 Å². The molecule has 0 saturated heterocycles. The standard InChI is InChI=1S/C12H25O2S2/c1-6-7-8-13-12(15,14-11(4)5)16-9-10(2)3/h10-11H,6-9H2,1-5H3. The van der Waals surface area contributed by atoms with Crippen LogP contribution in [0.4, 0.5) is 0 Å². The molecular formula is C12H25O2S2. The lowest BCUT2D eigenvalue weighted by Gasteiger charge is -2.29. The third kappa shape index (κ3) is 8.74. The fourth-order valence-electron chi connectivity index (χ4n) is 1.01. The van der Waals surface area contributed by atoms with E-state index in [2.05, 4.69) is 20.8 Å². The number of rotatable bonds is 9. The first-order valence-corrected chi connectivity index (χ1v) is 7.45. The molecule has 0 aromatic rings. The zero-order valence-electron chi connectivity index (χ0n) is 11.1. The number of hydrogen-bond donors (Lipinski definition) is 0. The van der Waals surface area contributed by atoms with Gasteiger partial charge in [0.15, 0.2) is 0 Å². The van der Waals surface area contributed by atoms with Crippen molar-refractivity contribution in [3.05, 3.63) is 0 Å². The van der Waals surface area contributed by atoms with Crippen LogP contribution in [0.2, 0.25) is 0 Å². The van der Waals surface area contributed by atoms with Crippen molar-refractivity contribution in [2.45, 2.75) is 58.0 Å². The molecule has 0 spiro atoms. The Kier molecular flexibility index (Phi) is 9.01. The smallest absolute Gasteiger partial charge is 0.280 e. The zero-order valence-corrected chi connectivity index (χ0v) is 12.7. The predicted molar refractivity (Wildman–Crippen MR) is 74.7 cm³/mol. The highest BCUT2D eigenvalue weighted by molar-refractivity contribution is 8.11. The van der Waals surface area contributed by atoms with Gasteiger partial charge in [-0.25, -0.2) is 0 Å². The van der Waals surface area contributed by atoms with Gasteiger partial charge in [-0.1, -0.05) is 39.0 Å². The number of hydrogen-bond acceptors (Lipinski definition) is 3. The zero-order chi connectivity index (χ0) is 12.6. The minimum Gasteiger partial charge on any atom is -0.332 e. The molecule has 0 aliphatic heterocycles. The maximum atomic E-state index is 5.69. The van der Waals surface area contributed by atoms with Crippen molar-refractivity contribution in [2.24, 2.45) is 5.92 Å². The molecule has 0 N–H and O–H groups in total. The van der Waals surface area contributed by atoms with Crippen LogP contribution in [0.3, 0.4) is 0 Å². The van der Waals surface area contributed by atoms with Crippen molar-refractivity contribution in [2.75, 3.05) is 12.4 Å². The Morgan fingerprint density at radius 1 is 1.25 bits per heavy atom. The topological polar surface area (TPSA) is 18.5 Å². The van der Waals surface area contributed by atoms with E-state index >= 15 is 0 Å². The van der Waals surface area contributed by atoms with Crippen LogP contribution in [0, 0.1) is 5.92 Å². The molecule has 16 heavy (non-hydrogen) atoms. The van der Waals surface area contributed by atoms with E-state index in [0.717, 1.165) is 18.6 Å². The predicted octanol–water partition coefficient (Wildman–Crippen LogP) is 4.43. The van der Waals surface area contributed by atoms with Crippen LogP contribution in [-0.4, -0.2) is 22.9 Å². The van der Waals surface area contributed by atoms with E-state index in [-0.39, 0.29) is 6.10 Å². The lowest BCUT2D eigenvalue weighted by molar-refractivity contribution is -0.130. The molecule has 0 saturated carbocycles. The minimum absolute atomic E-state index is 0.0961. The van der Waals surface area contributed by atoms with Gasteiger partial charge in [0.1, 0.15) is 0 Å². The average Bonchev–Trinajstić information content (AvgIpc) is 2.14. The van der Waals surface area contributed by atoms with Crippen LogP contribution < -0.4 is 0 Å². The molecule has 4 heteroatoms. The summed E-state index contributed by atoms with van der Waals surface area (Å²) >= 11 is 7.01. The van der Waals surface area contributed by atoms with Crippen molar-refractivity contribution in [3.63, 3.8) is 0 Å². The van der Waals surface area contributed by atoms with Crippen LogP contribution in [0.25, 0.3) is 0 Å². The number of unbranched alkanes of at least 4 members (excludes halogenated alkanes) is 1. The molecule has 0 amide bonds. The summed E-state index contributed by atoms with van der Waals surface area (Å²) in [5.74, 6) is 1.56. The highest BCUT2D eigenvalue weighted by atomic mass is 32.2. The molecule has 0 aromatic carbocycles. The third-order valence-electron chi connectivity index (χ3n) is 1.75. The van der Waals surface area contributed by atoms with Gasteiger partial charge in [0.05, 0.1) is 12.7 Å². The summed E-state index contributed by atoms with van der Waals surface area (Å²) in [7, 11) is 0. The van der Waals surface area contributed by atoms with Gasteiger partial charge in [0.25, 0.3) is 4.45 Å². The van der Waals surface area contributed by atoms with Crippen LogP contribution in [0.15, 0.2) is 0 Å². The molecule has 0 rings (SSSR count). The fourth-order valence-corrected chi connectivity index (χ4v) is 2.45. The van der Waals surface area contributed by atoms with Crippen LogP contribution in [0.5, 0.6) is 0 Å². The van der Waals surface area contributed by atoms with E-state index in [9.17, 15) is 0 Å². The number of thioether (sulfide) groups is 1. The molecule has 1 unspecified atom stereocenters. The lowest BCUT2D eigenvalue weighted by Crippen LogP contribution is -2.30. The molecule has 0 aromatic heterocycles. The van der Waals surface area contributed by atoms with Crippen molar-refractivity contribution in [1.29, 1.82) is 0 Å². The van der Waals surface area contributed by atoms with E-state index in [4.69, 9.17) is 22.1 Å². The van der Waals surface area contributed by atoms with E-state index in [1.54, 1.807) is 11.8 Å². The molecule has 1 atom stereocenters. The third-order valence-corrected chi connectivity index (χ3v) is 3.72. The highest BCUT2D eigenvalue weighted by Gasteiger charge is 2.30. The van der Waals surface area contributed by atoms with Crippen molar-refractivity contribution in [3.8, 4) is 0 Å². The maximum Gasteiger partial charge on any atom is 0.280 e. The molecule has 0 fully saturated rings. The Hall–Kier alpha value is 0.620. The van der Waals surface area contributed by atoms with Crippen molar-refractivity contribution >= 4 is 24.4 Å². The Labute approximate surface area is 110 Å². The van der Waals surface area contributed by atoms with Crippen LogP contribution >= 0.6 is 24.4 Å².